The van der Waals surface area contributed by atoms with Gasteiger partial charge < -0.3 is 25.4 Å². The summed E-state index contributed by atoms with van der Waals surface area (Å²) in [5.41, 5.74) is 2.27. The highest BCUT2D eigenvalue weighted by Gasteiger charge is 2.19. The fraction of sp³-hybridized carbons (Fsp3) is 0.0938. The maximum atomic E-state index is 13.4. The molecule has 0 fully saturated rings. The minimum absolute atomic E-state index is 0.0562. The topological polar surface area (TPSA) is 106 Å². The van der Waals surface area contributed by atoms with E-state index in [1.54, 1.807) is 104 Å². The zero-order valence-corrected chi connectivity index (χ0v) is 24.0. The van der Waals surface area contributed by atoms with Gasteiger partial charge in [0.25, 0.3) is 11.8 Å². The number of anilines is 2. The minimum atomic E-state index is -0.509. The van der Waals surface area contributed by atoms with Crippen LogP contribution >= 0.6 is 23.4 Å². The molecule has 1 atom stereocenters. The van der Waals surface area contributed by atoms with Crippen molar-refractivity contribution in [3.63, 3.8) is 0 Å². The SMILES string of the molecule is CC(Sc1cccc(NC(=O)/C(=C/c2ccc(Cl)cc2)NC(=O)c2ccccc2)c1)C(=O)Nc1ccc2c(c1)OCO2. The largest absolute Gasteiger partial charge is 0.454 e. The lowest BCUT2D eigenvalue weighted by atomic mass is 10.1. The number of hydrogen-bond donors (Lipinski definition) is 3. The minimum Gasteiger partial charge on any atom is -0.454 e. The Morgan fingerprint density at radius 1 is 0.833 bits per heavy atom. The zero-order chi connectivity index (χ0) is 29.5. The highest BCUT2D eigenvalue weighted by atomic mass is 35.5. The van der Waals surface area contributed by atoms with Gasteiger partial charge >= 0.3 is 0 Å². The number of rotatable bonds is 9. The molecular formula is C32H26ClN3O5S. The van der Waals surface area contributed by atoms with Gasteiger partial charge in [0.05, 0.1) is 5.25 Å². The summed E-state index contributed by atoms with van der Waals surface area (Å²) in [6.45, 7) is 1.95. The molecule has 0 aromatic heterocycles. The first-order valence-electron chi connectivity index (χ1n) is 13.0. The first-order chi connectivity index (χ1) is 20.3. The van der Waals surface area contributed by atoms with Crippen molar-refractivity contribution in [1.82, 2.24) is 5.32 Å². The number of amides is 3. The van der Waals surface area contributed by atoms with Gasteiger partial charge in [-0.05, 0) is 73.2 Å². The Hall–Kier alpha value is -4.73. The summed E-state index contributed by atoms with van der Waals surface area (Å²) in [5, 5.41) is 8.58. The lowest BCUT2D eigenvalue weighted by molar-refractivity contribution is -0.115. The summed E-state index contributed by atoms with van der Waals surface area (Å²) >= 11 is 7.35. The Bertz CT molecular complexity index is 1640. The van der Waals surface area contributed by atoms with Crippen molar-refractivity contribution >= 4 is 58.5 Å². The van der Waals surface area contributed by atoms with Crippen LogP contribution in [0.25, 0.3) is 6.08 Å². The highest BCUT2D eigenvalue weighted by molar-refractivity contribution is 8.00. The van der Waals surface area contributed by atoms with Crippen molar-refractivity contribution in [3.05, 3.63) is 119 Å². The number of hydrogen-bond acceptors (Lipinski definition) is 6. The second kappa shape index (κ2) is 13.3. The lowest BCUT2D eigenvalue weighted by Gasteiger charge is -2.14. The molecule has 0 aliphatic carbocycles. The number of benzene rings is 4. The molecule has 3 amide bonds. The highest BCUT2D eigenvalue weighted by Crippen LogP contribution is 2.34. The van der Waals surface area contributed by atoms with E-state index in [1.165, 1.54) is 11.8 Å². The number of fused-ring (bicyclic) bond motifs is 1. The van der Waals surface area contributed by atoms with E-state index in [0.29, 0.717) is 39.0 Å². The normalized spacial score (nSPS) is 12.8. The van der Waals surface area contributed by atoms with E-state index >= 15 is 0 Å². The molecule has 3 N–H and O–H groups in total. The zero-order valence-electron chi connectivity index (χ0n) is 22.4. The Morgan fingerprint density at radius 3 is 2.36 bits per heavy atom. The van der Waals surface area contributed by atoms with Crippen LogP contribution in [-0.4, -0.2) is 29.8 Å². The second-order valence-electron chi connectivity index (χ2n) is 9.23. The van der Waals surface area contributed by atoms with Gasteiger partial charge in [0.1, 0.15) is 5.70 Å². The number of carbonyl (C=O) groups excluding carboxylic acids is 3. The Labute approximate surface area is 252 Å². The van der Waals surface area contributed by atoms with Gasteiger partial charge in [-0.3, -0.25) is 14.4 Å². The van der Waals surface area contributed by atoms with Gasteiger partial charge in [-0.15, -0.1) is 11.8 Å². The van der Waals surface area contributed by atoms with Crippen molar-refractivity contribution in [2.45, 2.75) is 17.1 Å². The summed E-state index contributed by atoms with van der Waals surface area (Å²) < 4.78 is 10.7. The molecule has 1 heterocycles. The fourth-order valence-electron chi connectivity index (χ4n) is 3.99. The third-order valence-corrected chi connectivity index (χ3v) is 7.47. The molecule has 10 heteroatoms. The molecule has 1 unspecified atom stereocenters. The molecule has 0 saturated heterocycles. The average Bonchev–Trinajstić information content (AvgIpc) is 3.46. The number of ether oxygens (including phenoxy) is 2. The van der Waals surface area contributed by atoms with E-state index in [1.807, 2.05) is 6.07 Å². The molecule has 5 rings (SSSR count). The summed E-state index contributed by atoms with van der Waals surface area (Å²) in [5.74, 6) is 0.105. The maximum Gasteiger partial charge on any atom is 0.272 e. The van der Waals surface area contributed by atoms with Crippen molar-refractivity contribution in [1.29, 1.82) is 0 Å². The molecule has 1 aliphatic heterocycles. The Balaban J connectivity index is 1.27. The van der Waals surface area contributed by atoms with Crippen LogP contribution in [0.4, 0.5) is 11.4 Å². The van der Waals surface area contributed by atoms with Gasteiger partial charge in [-0.25, -0.2) is 0 Å². The molecule has 0 radical (unpaired) electrons. The molecule has 212 valence electrons. The summed E-state index contributed by atoms with van der Waals surface area (Å²) in [6.07, 6.45) is 1.58. The number of carbonyl (C=O) groups is 3. The summed E-state index contributed by atoms with van der Waals surface area (Å²) in [6, 6.07) is 27.9. The predicted molar refractivity (Wildman–Crippen MR) is 165 cm³/mol. The van der Waals surface area contributed by atoms with Gasteiger partial charge in [-0.1, -0.05) is 48.0 Å². The van der Waals surface area contributed by atoms with E-state index in [9.17, 15) is 14.4 Å². The van der Waals surface area contributed by atoms with Crippen LogP contribution in [0.1, 0.15) is 22.8 Å². The standard InChI is InChI=1S/C32H26ClN3O5S/c1-20(30(37)34-25-14-15-28-29(18-25)41-19-40-28)42-26-9-5-8-24(17-26)35-32(39)27(16-21-10-12-23(33)13-11-21)36-31(38)22-6-3-2-4-7-22/h2-18,20H,19H2,1H3,(H,34,37)(H,35,39)(H,36,38)/b27-16-. The smallest absolute Gasteiger partial charge is 0.272 e. The van der Waals surface area contributed by atoms with Crippen molar-refractivity contribution in [2.24, 2.45) is 0 Å². The Morgan fingerprint density at radius 2 is 1.57 bits per heavy atom. The van der Waals surface area contributed by atoms with E-state index in [2.05, 4.69) is 16.0 Å². The van der Waals surface area contributed by atoms with Crippen LogP contribution in [0.15, 0.2) is 108 Å². The van der Waals surface area contributed by atoms with E-state index in [4.69, 9.17) is 21.1 Å². The first-order valence-corrected chi connectivity index (χ1v) is 14.2. The molecule has 8 nitrogen and oxygen atoms in total. The summed E-state index contributed by atoms with van der Waals surface area (Å²) in [4.78, 5) is 39.9. The number of thioether (sulfide) groups is 1. The molecule has 4 aromatic rings. The third-order valence-electron chi connectivity index (χ3n) is 6.12. The van der Waals surface area contributed by atoms with E-state index in [-0.39, 0.29) is 18.4 Å². The maximum absolute atomic E-state index is 13.4. The van der Waals surface area contributed by atoms with E-state index < -0.39 is 17.1 Å². The van der Waals surface area contributed by atoms with E-state index in [0.717, 1.165) is 4.90 Å². The van der Waals surface area contributed by atoms with Crippen LogP contribution in [0, 0.1) is 0 Å². The molecule has 4 aromatic carbocycles. The number of halogens is 1. The van der Waals surface area contributed by atoms with Crippen LogP contribution < -0.4 is 25.4 Å². The summed E-state index contributed by atoms with van der Waals surface area (Å²) in [7, 11) is 0. The molecule has 0 saturated carbocycles. The second-order valence-corrected chi connectivity index (χ2v) is 11.1. The average molecular weight is 600 g/mol. The molecule has 1 aliphatic rings. The lowest BCUT2D eigenvalue weighted by Crippen LogP contribution is -2.30. The van der Waals surface area contributed by atoms with Crippen molar-refractivity contribution in [2.75, 3.05) is 17.4 Å². The first kappa shape index (κ1) is 28.8. The molecule has 0 bridgehead atoms. The predicted octanol–water partition coefficient (Wildman–Crippen LogP) is 6.60. The van der Waals surface area contributed by atoms with Crippen molar-refractivity contribution < 1.29 is 23.9 Å². The fourth-order valence-corrected chi connectivity index (χ4v) is 5.04. The van der Waals surface area contributed by atoms with Gasteiger partial charge in [0.2, 0.25) is 12.7 Å². The van der Waals surface area contributed by atoms with Crippen LogP contribution in [-0.2, 0) is 9.59 Å². The van der Waals surface area contributed by atoms with Gasteiger partial charge in [0, 0.05) is 32.9 Å². The monoisotopic (exact) mass is 599 g/mol. The van der Waals surface area contributed by atoms with Crippen LogP contribution in [0.2, 0.25) is 5.02 Å². The van der Waals surface area contributed by atoms with Gasteiger partial charge in [0.15, 0.2) is 11.5 Å². The quantitative estimate of drug-likeness (QED) is 0.148. The van der Waals surface area contributed by atoms with Crippen LogP contribution in [0.5, 0.6) is 11.5 Å². The Kier molecular flexibility index (Phi) is 9.11. The van der Waals surface area contributed by atoms with Crippen molar-refractivity contribution in [3.8, 4) is 11.5 Å². The third kappa shape index (κ3) is 7.51. The molecule has 42 heavy (non-hydrogen) atoms. The van der Waals surface area contributed by atoms with Crippen LogP contribution in [0.3, 0.4) is 0 Å². The molecular weight excluding hydrogens is 574 g/mol. The van der Waals surface area contributed by atoms with Gasteiger partial charge in [-0.2, -0.15) is 0 Å². The molecule has 0 spiro atoms. The number of nitrogens with one attached hydrogen (secondary N) is 3.